The van der Waals surface area contributed by atoms with Gasteiger partial charge < -0.3 is 0 Å². The van der Waals surface area contributed by atoms with Crippen molar-refractivity contribution in [1.29, 1.82) is 0 Å². The quantitative estimate of drug-likeness (QED) is 0.542. The van der Waals surface area contributed by atoms with E-state index in [0.717, 1.165) is 5.69 Å². The number of aromatic nitrogens is 2. The Kier molecular flexibility index (Phi) is 1.56. The summed E-state index contributed by atoms with van der Waals surface area (Å²) in [6, 6.07) is 0. The third-order valence-corrected chi connectivity index (χ3v) is 2.54. The van der Waals surface area contributed by atoms with Crippen molar-refractivity contribution in [3.63, 3.8) is 0 Å². The molecule has 0 aliphatic heterocycles. The summed E-state index contributed by atoms with van der Waals surface area (Å²) in [5, 5.41) is 7.09. The normalized spacial score (nSPS) is 15.8. The first-order valence-corrected chi connectivity index (χ1v) is 4.39. The van der Waals surface area contributed by atoms with Crippen LogP contribution in [0, 0.1) is 6.92 Å². The summed E-state index contributed by atoms with van der Waals surface area (Å²) in [6.45, 7) is 4.28. The van der Waals surface area contributed by atoms with Gasteiger partial charge in [-0.05, 0) is 32.3 Å². The summed E-state index contributed by atoms with van der Waals surface area (Å²) in [5.41, 5.74) is 2.63. The van der Waals surface area contributed by atoms with Gasteiger partial charge in [0.1, 0.15) is 0 Å². The summed E-state index contributed by atoms with van der Waals surface area (Å²) in [4.78, 5) is 0. The molecule has 1 aromatic rings. The molecule has 0 atom stereocenters. The van der Waals surface area contributed by atoms with Crippen molar-refractivity contribution in [2.45, 2.75) is 26.7 Å². The number of rotatable bonds is 0. The van der Waals surface area contributed by atoms with E-state index in [4.69, 9.17) is 0 Å². The lowest BCUT2D eigenvalue weighted by molar-refractivity contribution is 0.727. The van der Waals surface area contributed by atoms with Crippen molar-refractivity contribution in [2.75, 3.05) is 0 Å². The first-order valence-electron chi connectivity index (χ1n) is 4.39. The van der Waals surface area contributed by atoms with E-state index in [1.165, 1.54) is 29.0 Å². The fraction of sp³-hybridized carbons (Fsp3) is 0.500. The Hall–Kier alpha value is -1.05. The fourth-order valence-electron chi connectivity index (χ4n) is 1.98. The first kappa shape index (κ1) is 7.59. The molecular weight excluding hydrogens is 148 g/mol. The van der Waals surface area contributed by atoms with Gasteiger partial charge in [0.2, 0.25) is 0 Å². The molecule has 2 nitrogen and oxygen atoms in total. The van der Waals surface area contributed by atoms with Crippen molar-refractivity contribution < 1.29 is 0 Å². The zero-order valence-corrected chi connectivity index (χ0v) is 7.89. The zero-order valence-electron chi connectivity index (χ0n) is 7.89. The van der Waals surface area contributed by atoms with Crippen LogP contribution in [0.3, 0.4) is 0 Å². The Bertz CT molecular complexity index is 423. The van der Waals surface area contributed by atoms with Crippen LogP contribution in [0.25, 0.3) is 11.6 Å². The van der Waals surface area contributed by atoms with Crippen LogP contribution in [0.1, 0.15) is 25.5 Å². The maximum Gasteiger partial charge on any atom is 0.0669 e. The van der Waals surface area contributed by atoms with E-state index >= 15 is 0 Å². The molecule has 1 aliphatic carbocycles. The van der Waals surface area contributed by atoms with Crippen LogP contribution in [-0.2, 0) is 7.05 Å². The number of aryl methyl sites for hydroxylation is 2. The molecule has 0 aromatic carbocycles. The van der Waals surface area contributed by atoms with Crippen LogP contribution in [0.15, 0.2) is 0 Å². The van der Waals surface area contributed by atoms with Gasteiger partial charge >= 0.3 is 0 Å². The summed E-state index contributed by atoms with van der Waals surface area (Å²) < 4.78 is 2.00. The average molecular weight is 162 g/mol. The number of hydrogen-bond acceptors (Lipinski definition) is 1. The maximum atomic E-state index is 4.41. The monoisotopic (exact) mass is 162 g/mol. The number of hydrogen-bond donors (Lipinski definition) is 0. The lowest BCUT2D eigenvalue weighted by atomic mass is 10.1. The fourth-order valence-corrected chi connectivity index (χ4v) is 1.98. The highest BCUT2D eigenvalue weighted by Crippen LogP contribution is 2.05. The zero-order chi connectivity index (χ0) is 8.72. The number of fused-ring (bicyclic) bond motifs is 1. The van der Waals surface area contributed by atoms with Gasteiger partial charge in [0.15, 0.2) is 0 Å². The second-order valence-corrected chi connectivity index (χ2v) is 3.49. The molecule has 0 saturated heterocycles. The highest BCUT2D eigenvalue weighted by molar-refractivity contribution is 5.47. The summed E-state index contributed by atoms with van der Waals surface area (Å²) >= 11 is 0. The molecule has 12 heavy (non-hydrogen) atoms. The van der Waals surface area contributed by atoms with Crippen molar-refractivity contribution in [1.82, 2.24) is 9.78 Å². The highest BCUT2D eigenvalue weighted by atomic mass is 15.3. The smallest absolute Gasteiger partial charge is 0.0669 e. The molecule has 0 spiro atoms. The first-order chi connectivity index (χ1) is 5.70. The van der Waals surface area contributed by atoms with Crippen molar-refractivity contribution in [3.8, 4) is 0 Å². The van der Waals surface area contributed by atoms with Gasteiger partial charge in [-0.1, -0.05) is 6.08 Å². The van der Waals surface area contributed by atoms with E-state index in [0.29, 0.717) is 0 Å². The van der Waals surface area contributed by atoms with E-state index in [-0.39, 0.29) is 0 Å². The Balaban J connectivity index is 2.98. The van der Waals surface area contributed by atoms with Gasteiger partial charge in [0, 0.05) is 12.3 Å². The minimum absolute atomic E-state index is 1.16. The van der Waals surface area contributed by atoms with Crippen LogP contribution < -0.4 is 10.6 Å². The molecule has 0 N–H and O–H groups in total. The summed E-state index contributed by atoms with van der Waals surface area (Å²) in [6.07, 6.45) is 4.65. The van der Waals surface area contributed by atoms with E-state index < -0.39 is 0 Å². The molecule has 0 amide bonds. The molecule has 64 valence electrons. The molecule has 1 aromatic heterocycles. The molecule has 0 radical (unpaired) electrons. The molecular formula is C10H14N2. The number of nitrogens with zero attached hydrogens (tertiary/aromatic N) is 2. The van der Waals surface area contributed by atoms with E-state index in [1.807, 2.05) is 11.7 Å². The van der Waals surface area contributed by atoms with Crippen molar-refractivity contribution in [2.24, 2.45) is 7.05 Å². The van der Waals surface area contributed by atoms with Crippen LogP contribution in [-0.4, -0.2) is 9.78 Å². The van der Waals surface area contributed by atoms with Crippen LogP contribution in [0.4, 0.5) is 0 Å². The second-order valence-electron chi connectivity index (χ2n) is 3.49. The predicted octanol–water partition coefficient (Wildman–Crippen LogP) is 0.473. The predicted molar refractivity (Wildman–Crippen MR) is 50.0 cm³/mol. The van der Waals surface area contributed by atoms with Crippen LogP contribution in [0.5, 0.6) is 0 Å². The van der Waals surface area contributed by atoms with Crippen LogP contribution >= 0.6 is 0 Å². The highest BCUT2D eigenvalue weighted by Gasteiger charge is 2.06. The Morgan fingerprint density at radius 1 is 1.42 bits per heavy atom. The van der Waals surface area contributed by atoms with E-state index in [9.17, 15) is 0 Å². The Labute approximate surface area is 72.2 Å². The van der Waals surface area contributed by atoms with Gasteiger partial charge in [-0.3, -0.25) is 4.68 Å². The standard InChI is InChI=1S/C10H14N2/c1-7-5-4-6-9-8(2)11-12(3)10(7)9/h6H,4-5H2,1-3H3. The third kappa shape index (κ3) is 0.909. The van der Waals surface area contributed by atoms with E-state index in [1.54, 1.807) is 0 Å². The van der Waals surface area contributed by atoms with Crippen molar-refractivity contribution >= 4 is 11.6 Å². The minimum atomic E-state index is 1.16. The topological polar surface area (TPSA) is 17.8 Å². The summed E-state index contributed by atoms with van der Waals surface area (Å²) in [7, 11) is 2.02. The SMILES string of the molecule is CC1=c2c(c(C)nn2C)=CCC1. The molecule has 2 heteroatoms. The van der Waals surface area contributed by atoms with Gasteiger partial charge in [0.25, 0.3) is 0 Å². The average Bonchev–Trinajstić information content (AvgIpc) is 2.29. The molecule has 1 aliphatic rings. The van der Waals surface area contributed by atoms with Gasteiger partial charge in [-0.15, -0.1) is 0 Å². The lowest BCUT2D eigenvalue weighted by Gasteiger charge is -2.02. The lowest BCUT2D eigenvalue weighted by Crippen LogP contribution is -2.32. The second kappa shape index (κ2) is 2.47. The molecule has 0 bridgehead atoms. The van der Waals surface area contributed by atoms with Gasteiger partial charge in [0.05, 0.1) is 11.0 Å². The van der Waals surface area contributed by atoms with E-state index in [2.05, 4.69) is 25.0 Å². The Morgan fingerprint density at radius 3 is 2.83 bits per heavy atom. The van der Waals surface area contributed by atoms with Gasteiger partial charge in [-0.25, -0.2) is 0 Å². The minimum Gasteiger partial charge on any atom is -0.268 e. The van der Waals surface area contributed by atoms with Crippen LogP contribution in [0.2, 0.25) is 0 Å². The molecule has 2 rings (SSSR count). The molecule has 0 unspecified atom stereocenters. The molecule has 1 heterocycles. The molecule has 0 saturated carbocycles. The third-order valence-electron chi connectivity index (χ3n) is 2.54. The van der Waals surface area contributed by atoms with Crippen molar-refractivity contribution in [3.05, 3.63) is 16.3 Å². The maximum absolute atomic E-state index is 4.41. The Morgan fingerprint density at radius 2 is 2.17 bits per heavy atom. The summed E-state index contributed by atoms with van der Waals surface area (Å²) in [5.74, 6) is 0. The molecule has 0 fully saturated rings. The van der Waals surface area contributed by atoms with Gasteiger partial charge in [-0.2, -0.15) is 5.10 Å². The largest absolute Gasteiger partial charge is 0.268 e.